The van der Waals surface area contributed by atoms with Gasteiger partial charge in [0.05, 0.1) is 14.7 Å². The van der Waals surface area contributed by atoms with E-state index < -0.39 is 0 Å². The fraction of sp³-hybridized carbons (Fsp3) is 0.130. The Labute approximate surface area is 187 Å². The van der Waals surface area contributed by atoms with E-state index >= 15 is 0 Å². The molecule has 0 aliphatic heterocycles. The number of hydrazone groups is 1. The minimum atomic E-state index is -0.329. The number of carbonyl (C=O) groups is 1. The Morgan fingerprint density at radius 1 is 0.966 bits per heavy atom. The zero-order valence-corrected chi connectivity index (χ0v) is 19.2. The standard InChI is InChI=1S/C23H20Br2N2O2/c1-15-12-20(24)23(21(25)13-15)29-14-22(28)27-26-16(2)17-8-10-19(11-9-17)18-6-4-3-5-7-18/h3-13H,14H2,1-2H3,(H,27,28)/b26-16-. The summed E-state index contributed by atoms with van der Waals surface area (Å²) in [5, 5.41) is 4.18. The van der Waals surface area contributed by atoms with Gasteiger partial charge in [0.2, 0.25) is 0 Å². The zero-order chi connectivity index (χ0) is 20.8. The maximum Gasteiger partial charge on any atom is 0.277 e. The Balaban J connectivity index is 1.59. The highest BCUT2D eigenvalue weighted by Gasteiger charge is 2.10. The Morgan fingerprint density at radius 2 is 1.55 bits per heavy atom. The molecule has 0 aromatic heterocycles. The highest BCUT2D eigenvalue weighted by atomic mass is 79.9. The van der Waals surface area contributed by atoms with Crippen molar-refractivity contribution in [1.29, 1.82) is 0 Å². The van der Waals surface area contributed by atoms with Gasteiger partial charge < -0.3 is 4.74 Å². The minimum Gasteiger partial charge on any atom is -0.481 e. The van der Waals surface area contributed by atoms with Crippen LogP contribution in [0.2, 0.25) is 0 Å². The second-order valence-corrected chi connectivity index (χ2v) is 8.23. The zero-order valence-electron chi connectivity index (χ0n) is 16.1. The molecule has 0 bridgehead atoms. The van der Waals surface area contributed by atoms with Crippen LogP contribution in [0, 0.1) is 6.92 Å². The number of carbonyl (C=O) groups excluding carboxylic acids is 1. The molecule has 1 N–H and O–H groups in total. The van der Waals surface area contributed by atoms with Crippen LogP contribution >= 0.6 is 31.9 Å². The van der Waals surface area contributed by atoms with E-state index in [1.54, 1.807) is 0 Å². The van der Waals surface area contributed by atoms with Crippen LogP contribution in [0.5, 0.6) is 5.75 Å². The molecule has 0 unspecified atom stereocenters. The molecule has 3 aromatic rings. The first-order chi connectivity index (χ1) is 13.9. The van der Waals surface area contributed by atoms with Crippen molar-refractivity contribution >= 4 is 43.5 Å². The van der Waals surface area contributed by atoms with E-state index in [2.05, 4.69) is 54.5 Å². The molecule has 0 aliphatic rings. The topological polar surface area (TPSA) is 50.7 Å². The van der Waals surface area contributed by atoms with Gasteiger partial charge in [-0.3, -0.25) is 4.79 Å². The average molecular weight is 516 g/mol. The molecule has 0 saturated heterocycles. The fourth-order valence-electron chi connectivity index (χ4n) is 2.74. The Morgan fingerprint density at radius 3 is 2.17 bits per heavy atom. The first-order valence-electron chi connectivity index (χ1n) is 9.01. The van der Waals surface area contributed by atoms with Crippen molar-refractivity contribution in [2.24, 2.45) is 5.10 Å². The van der Waals surface area contributed by atoms with Gasteiger partial charge in [0.15, 0.2) is 6.61 Å². The Bertz CT molecular complexity index is 1010. The summed E-state index contributed by atoms with van der Waals surface area (Å²) in [6.07, 6.45) is 0. The van der Waals surface area contributed by atoms with E-state index in [0.717, 1.165) is 36.9 Å². The van der Waals surface area contributed by atoms with Gasteiger partial charge in [-0.1, -0.05) is 54.6 Å². The smallest absolute Gasteiger partial charge is 0.277 e. The predicted octanol–water partition coefficient (Wildman–Crippen LogP) is 6.11. The summed E-state index contributed by atoms with van der Waals surface area (Å²) in [4.78, 5) is 12.1. The van der Waals surface area contributed by atoms with Crippen LogP contribution in [-0.4, -0.2) is 18.2 Å². The molecule has 29 heavy (non-hydrogen) atoms. The molecule has 0 spiro atoms. The van der Waals surface area contributed by atoms with E-state index in [0.29, 0.717) is 5.75 Å². The number of hydrogen-bond acceptors (Lipinski definition) is 3. The monoisotopic (exact) mass is 514 g/mol. The van der Waals surface area contributed by atoms with Crippen LogP contribution in [0.25, 0.3) is 11.1 Å². The quantitative estimate of drug-likeness (QED) is 0.318. The van der Waals surface area contributed by atoms with Crippen molar-refractivity contribution < 1.29 is 9.53 Å². The van der Waals surface area contributed by atoms with Crippen molar-refractivity contribution in [3.05, 3.63) is 86.8 Å². The number of rotatable bonds is 6. The van der Waals surface area contributed by atoms with Gasteiger partial charge in [-0.15, -0.1) is 0 Å². The molecule has 3 rings (SSSR count). The van der Waals surface area contributed by atoms with Gasteiger partial charge in [0, 0.05) is 0 Å². The van der Waals surface area contributed by atoms with E-state index in [9.17, 15) is 4.79 Å². The van der Waals surface area contributed by atoms with E-state index in [1.165, 1.54) is 0 Å². The number of amides is 1. The minimum absolute atomic E-state index is 0.135. The first kappa shape index (κ1) is 21.3. The van der Waals surface area contributed by atoms with Crippen molar-refractivity contribution in [1.82, 2.24) is 5.43 Å². The lowest BCUT2D eigenvalue weighted by molar-refractivity contribution is -0.123. The van der Waals surface area contributed by atoms with Crippen molar-refractivity contribution in [3.8, 4) is 16.9 Å². The van der Waals surface area contributed by atoms with Crippen molar-refractivity contribution in [3.63, 3.8) is 0 Å². The third-order valence-corrected chi connectivity index (χ3v) is 5.43. The van der Waals surface area contributed by atoms with Crippen LogP contribution in [0.15, 0.2) is 80.8 Å². The highest BCUT2D eigenvalue weighted by molar-refractivity contribution is 9.11. The Kier molecular flexibility index (Phi) is 7.23. The lowest BCUT2D eigenvalue weighted by Gasteiger charge is -2.10. The van der Waals surface area contributed by atoms with Crippen LogP contribution in [0.4, 0.5) is 0 Å². The van der Waals surface area contributed by atoms with Gasteiger partial charge >= 0.3 is 0 Å². The van der Waals surface area contributed by atoms with Gasteiger partial charge in [0.1, 0.15) is 5.75 Å². The maximum atomic E-state index is 12.1. The normalized spacial score (nSPS) is 11.2. The summed E-state index contributed by atoms with van der Waals surface area (Å²) in [5.74, 6) is 0.257. The lowest BCUT2D eigenvalue weighted by atomic mass is 10.0. The van der Waals surface area contributed by atoms with Crippen molar-refractivity contribution in [2.45, 2.75) is 13.8 Å². The number of nitrogens with one attached hydrogen (secondary N) is 1. The molecule has 4 nitrogen and oxygen atoms in total. The van der Waals surface area contributed by atoms with Gasteiger partial charge in [-0.05, 0) is 80.1 Å². The molecule has 0 atom stereocenters. The molecule has 1 amide bonds. The molecular weight excluding hydrogens is 496 g/mol. The third kappa shape index (κ3) is 5.78. The maximum absolute atomic E-state index is 12.1. The SMILES string of the molecule is C/C(=N/NC(=O)COc1c(Br)cc(C)cc1Br)c1ccc(-c2ccccc2)cc1. The molecule has 0 aliphatic carbocycles. The summed E-state index contributed by atoms with van der Waals surface area (Å²) in [5.41, 5.74) is 7.57. The summed E-state index contributed by atoms with van der Waals surface area (Å²) in [7, 11) is 0. The van der Waals surface area contributed by atoms with Crippen LogP contribution in [-0.2, 0) is 4.79 Å². The Hall–Kier alpha value is -2.44. The summed E-state index contributed by atoms with van der Waals surface area (Å²) >= 11 is 6.90. The van der Waals surface area contributed by atoms with Crippen LogP contribution in [0.3, 0.4) is 0 Å². The second-order valence-electron chi connectivity index (χ2n) is 6.52. The molecule has 3 aromatic carbocycles. The average Bonchev–Trinajstić information content (AvgIpc) is 2.72. The largest absolute Gasteiger partial charge is 0.481 e. The number of ether oxygens (including phenoxy) is 1. The third-order valence-electron chi connectivity index (χ3n) is 4.25. The highest BCUT2D eigenvalue weighted by Crippen LogP contribution is 2.34. The van der Waals surface area contributed by atoms with Gasteiger partial charge in [-0.2, -0.15) is 5.10 Å². The summed E-state index contributed by atoms with van der Waals surface area (Å²) in [6.45, 7) is 3.70. The van der Waals surface area contributed by atoms with Gasteiger partial charge in [0.25, 0.3) is 5.91 Å². The molecular formula is C23H20Br2N2O2. The number of halogens is 2. The molecule has 6 heteroatoms. The van der Waals surface area contributed by atoms with E-state index in [-0.39, 0.29) is 12.5 Å². The molecule has 0 saturated carbocycles. The number of aryl methyl sites for hydroxylation is 1. The van der Waals surface area contributed by atoms with E-state index in [4.69, 9.17) is 4.74 Å². The second kappa shape index (κ2) is 9.85. The van der Waals surface area contributed by atoms with Gasteiger partial charge in [-0.25, -0.2) is 5.43 Å². The number of nitrogens with zero attached hydrogens (tertiary/aromatic N) is 1. The molecule has 148 valence electrons. The van der Waals surface area contributed by atoms with Crippen LogP contribution in [0.1, 0.15) is 18.1 Å². The predicted molar refractivity (Wildman–Crippen MR) is 124 cm³/mol. The van der Waals surface area contributed by atoms with E-state index in [1.807, 2.05) is 68.4 Å². The number of hydrogen-bond donors (Lipinski definition) is 1. The summed E-state index contributed by atoms with van der Waals surface area (Å²) in [6, 6.07) is 22.1. The van der Waals surface area contributed by atoms with Crippen molar-refractivity contribution in [2.75, 3.05) is 6.61 Å². The first-order valence-corrected chi connectivity index (χ1v) is 10.6. The summed E-state index contributed by atoms with van der Waals surface area (Å²) < 4.78 is 7.19. The molecule has 0 radical (unpaired) electrons. The lowest BCUT2D eigenvalue weighted by Crippen LogP contribution is -2.25. The fourth-order valence-corrected chi connectivity index (χ4v) is 4.38. The molecule has 0 heterocycles. The van der Waals surface area contributed by atoms with Crippen LogP contribution < -0.4 is 10.2 Å². The number of benzene rings is 3. The molecule has 0 fully saturated rings.